The largest absolute Gasteiger partial charge is 0.472 e. The van der Waals surface area contributed by atoms with E-state index in [-0.39, 0.29) is 13.3 Å². The molecule has 0 spiro atoms. The van der Waals surface area contributed by atoms with Crippen molar-refractivity contribution in [3.63, 3.8) is 0 Å². The summed E-state index contributed by atoms with van der Waals surface area (Å²) < 4.78 is 20.9. The molecule has 0 radical (unpaired) electrons. The highest BCUT2D eigenvalue weighted by atomic mass is 16.7. The number of anilines is 1. The third-order valence-corrected chi connectivity index (χ3v) is 4.06. The third-order valence-electron chi connectivity index (χ3n) is 4.06. The second-order valence-corrected chi connectivity index (χ2v) is 5.73. The van der Waals surface area contributed by atoms with Gasteiger partial charge in [-0.15, -0.1) is 0 Å². The first-order valence-corrected chi connectivity index (χ1v) is 7.89. The summed E-state index contributed by atoms with van der Waals surface area (Å²) in [7, 11) is 0. The molecular formula is C18H16N2O6. The molecule has 26 heavy (non-hydrogen) atoms. The minimum Gasteiger partial charge on any atom is -0.472 e. The van der Waals surface area contributed by atoms with Crippen molar-refractivity contribution in [1.29, 1.82) is 0 Å². The predicted octanol–water partition coefficient (Wildman–Crippen LogP) is 2.66. The second-order valence-electron chi connectivity index (χ2n) is 5.73. The summed E-state index contributed by atoms with van der Waals surface area (Å²) in [6, 6.07) is 9.48. The maximum absolute atomic E-state index is 12.2. The summed E-state index contributed by atoms with van der Waals surface area (Å²) in [4.78, 5) is 12.2. The molecule has 2 amide bonds. The molecule has 134 valence electrons. The molecule has 8 nitrogen and oxygen atoms in total. The molecule has 0 saturated carbocycles. The summed E-state index contributed by atoms with van der Waals surface area (Å²) in [5.74, 6) is 1.48. The molecule has 1 aliphatic rings. The van der Waals surface area contributed by atoms with E-state index >= 15 is 0 Å². The van der Waals surface area contributed by atoms with Gasteiger partial charge in [0.1, 0.15) is 5.76 Å². The van der Waals surface area contributed by atoms with Crippen LogP contribution in [0.2, 0.25) is 0 Å². The number of carbonyl (C=O) groups is 1. The van der Waals surface area contributed by atoms with Crippen LogP contribution in [-0.4, -0.2) is 24.5 Å². The number of fused-ring (bicyclic) bond motifs is 1. The fourth-order valence-electron chi connectivity index (χ4n) is 2.70. The van der Waals surface area contributed by atoms with E-state index in [1.54, 1.807) is 36.4 Å². The summed E-state index contributed by atoms with van der Waals surface area (Å²) in [6.07, 6.45) is 4.29. The molecule has 0 aliphatic carbocycles. The summed E-state index contributed by atoms with van der Waals surface area (Å²) in [5.41, 5.74) is -0.546. The van der Waals surface area contributed by atoms with Gasteiger partial charge in [-0.25, -0.2) is 4.79 Å². The highest BCUT2D eigenvalue weighted by Gasteiger charge is 2.36. The first-order valence-electron chi connectivity index (χ1n) is 7.89. The van der Waals surface area contributed by atoms with Crippen molar-refractivity contribution in [3.05, 3.63) is 66.5 Å². The van der Waals surface area contributed by atoms with Crippen LogP contribution in [0.4, 0.5) is 10.5 Å². The van der Waals surface area contributed by atoms with Crippen molar-refractivity contribution in [2.75, 3.05) is 18.7 Å². The van der Waals surface area contributed by atoms with Gasteiger partial charge in [0.25, 0.3) is 0 Å². The van der Waals surface area contributed by atoms with Gasteiger partial charge in [-0.3, -0.25) is 0 Å². The molecular weight excluding hydrogens is 340 g/mol. The lowest BCUT2D eigenvalue weighted by atomic mass is 9.93. The number of hydrogen-bond acceptors (Lipinski definition) is 6. The minimum absolute atomic E-state index is 0.115. The zero-order valence-electron chi connectivity index (χ0n) is 13.6. The van der Waals surface area contributed by atoms with Crippen molar-refractivity contribution < 1.29 is 28.2 Å². The lowest BCUT2D eigenvalue weighted by Gasteiger charge is -2.25. The predicted molar refractivity (Wildman–Crippen MR) is 90.0 cm³/mol. The zero-order chi connectivity index (χ0) is 18.0. The number of amides is 2. The first kappa shape index (κ1) is 16.1. The monoisotopic (exact) mass is 356 g/mol. The number of benzene rings is 1. The number of urea groups is 1. The van der Waals surface area contributed by atoms with Crippen LogP contribution in [0.15, 0.2) is 64.0 Å². The SMILES string of the molecule is O=C(NC[C@@](O)(c1ccoc1)c1ccco1)Nc1ccc2c(c1)OCO2. The zero-order valence-corrected chi connectivity index (χ0v) is 13.6. The molecule has 0 bridgehead atoms. The minimum atomic E-state index is -1.55. The van der Waals surface area contributed by atoms with Crippen molar-refractivity contribution in [2.24, 2.45) is 0 Å². The molecule has 8 heteroatoms. The van der Waals surface area contributed by atoms with Gasteiger partial charge >= 0.3 is 6.03 Å². The van der Waals surface area contributed by atoms with Crippen molar-refractivity contribution >= 4 is 11.7 Å². The fourth-order valence-corrected chi connectivity index (χ4v) is 2.70. The van der Waals surface area contributed by atoms with E-state index < -0.39 is 11.6 Å². The van der Waals surface area contributed by atoms with Gasteiger partial charge in [0.2, 0.25) is 6.79 Å². The summed E-state index contributed by atoms with van der Waals surface area (Å²) in [6.45, 7) is 0.0439. The average molecular weight is 356 g/mol. The van der Waals surface area contributed by atoms with Crippen LogP contribution in [0, 0.1) is 0 Å². The van der Waals surface area contributed by atoms with Crippen LogP contribution in [0.3, 0.4) is 0 Å². The van der Waals surface area contributed by atoms with Gasteiger partial charge in [0.15, 0.2) is 17.1 Å². The van der Waals surface area contributed by atoms with E-state index in [9.17, 15) is 9.90 Å². The van der Waals surface area contributed by atoms with Crippen LogP contribution >= 0.6 is 0 Å². The van der Waals surface area contributed by atoms with Gasteiger partial charge in [-0.1, -0.05) is 0 Å². The topological polar surface area (TPSA) is 106 Å². The Bertz CT molecular complexity index is 854. The highest BCUT2D eigenvalue weighted by Crippen LogP contribution is 2.34. The van der Waals surface area contributed by atoms with Crippen LogP contribution < -0.4 is 20.1 Å². The highest BCUT2D eigenvalue weighted by molar-refractivity contribution is 5.89. The van der Waals surface area contributed by atoms with Gasteiger partial charge in [-0.2, -0.15) is 0 Å². The van der Waals surface area contributed by atoms with E-state index in [2.05, 4.69) is 10.6 Å². The van der Waals surface area contributed by atoms with Crippen molar-refractivity contribution in [3.8, 4) is 11.5 Å². The van der Waals surface area contributed by atoms with E-state index in [0.717, 1.165) is 0 Å². The molecule has 1 atom stereocenters. The third kappa shape index (κ3) is 2.98. The molecule has 0 saturated heterocycles. The summed E-state index contributed by atoms with van der Waals surface area (Å²) >= 11 is 0. The number of carbonyl (C=O) groups excluding carboxylic acids is 1. The Balaban J connectivity index is 1.45. The Morgan fingerprint density at radius 2 is 2.04 bits per heavy atom. The fraction of sp³-hybridized carbons (Fsp3) is 0.167. The molecule has 3 heterocycles. The molecule has 1 aliphatic heterocycles. The van der Waals surface area contributed by atoms with Gasteiger partial charge < -0.3 is 34.0 Å². The average Bonchev–Trinajstić information content (AvgIpc) is 3.41. The number of aliphatic hydroxyl groups is 1. The maximum Gasteiger partial charge on any atom is 0.319 e. The molecule has 0 fully saturated rings. The Hall–Kier alpha value is -3.39. The maximum atomic E-state index is 12.2. The van der Waals surface area contributed by atoms with E-state index in [1.807, 2.05) is 0 Å². The Morgan fingerprint density at radius 3 is 2.81 bits per heavy atom. The number of ether oxygens (including phenoxy) is 2. The first-order chi connectivity index (χ1) is 12.6. The molecule has 0 unspecified atom stereocenters. The van der Waals surface area contributed by atoms with E-state index in [1.165, 1.54) is 18.8 Å². The standard InChI is InChI=1S/C18H16N2O6/c21-17(20-13-3-4-14-15(8-13)26-11-25-14)19-10-18(22,12-5-7-23-9-12)16-2-1-6-24-16/h1-9,22H,10-11H2,(H2,19,20,21)/t18-/m1/s1. The number of furan rings is 2. The molecule has 1 aromatic carbocycles. The Kier molecular flexibility index (Phi) is 4.02. The number of hydrogen-bond donors (Lipinski definition) is 3. The lowest BCUT2D eigenvalue weighted by molar-refractivity contribution is 0.0587. The van der Waals surface area contributed by atoms with Gasteiger partial charge in [0.05, 0.1) is 25.3 Å². The molecule has 4 rings (SSSR count). The van der Waals surface area contributed by atoms with E-state index in [0.29, 0.717) is 28.5 Å². The van der Waals surface area contributed by atoms with E-state index in [4.69, 9.17) is 18.3 Å². The molecule has 3 N–H and O–H groups in total. The van der Waals surface area contributed by atoms with Crippen molar-refractivity contribution in [2.45, 2.75) is 5.60 Å². The molecule has 2 aromatic heterocycles. The van der Waals surface area contributed by atoms with Crippen molar-refractivity contribution in [1.82, 2.24) is 5.32 Å². The summed E-state index contributed by atoms with van der Waals surface area (Å²) in [5, 5.41) is 16.4. The van der Waals surface area contributed by atoms with Crippen LogP contribution in [0.5, 0.6) is 11.5 Å². The lowest BCUT2D eigenvalue weighted by Crippen LogP contribution is -2.42. The number of nitrogens with one attached hydrogen (secondary N) is 2. The Morgan fingerprint density at radius 1 is 1.15 bits per heavy atom. The second kappa shape index (κ2) is 6.49. The number of rotatable bonds is 5. The Labute approximate surface area is 148 Å². The van der Waals surface area contributed by atoms with Gasteiger partial charge in [0, 0.05) is 17.3 Å². The van der Waals surface area contributed by atoms with Crippen LogP contribution in [-0.2, 0) is 5.60 Å². The smallest absolute Gasteiger partial charge is 0.319 e. The molecule has 3 aromatic rings. The van der Waals surface area contributed by atoms with Crippen LogP contribution in [0.25, 0.3) is 0 Å². The van der Waals surface area contributed by atoms with Crippen LogP contribution in [0.1, 0.15) is 11.3 Å². The quantitative estimate of drug-likeness (QED) is 0.649. The normalized spacial score (nSPS) is 14.7. The van der Waals surface area contributed by atoms with Gasteiger partial charge in [-0.05, 0) is 30.3 Å².